The molecule has 1 aromatic rings. The van der Waals surface area contributed by atoms with Gasteiger partial charge < -0.3 is 4.74 Å². The van der Waals surface area contributed by atoms with E-state index in [0.717, 1.165) is 17.2 Å². The molecule has 96 valence electrons. The minimum Gasteiger partial charge on any atom is -0.491 e. The topological polar surface area (TPSA) is 9.23 Å². The molecular weight excluding hydrogens is 312 g/mol. The summed E-state index contributed by atoms with van der Waals surface area (Å²) >= 11 is 10.0. The molecule has 0 aromatic heterocycles. The van der Waals surface area contributed by atoms with Gasteiger partial charge in [0, 0.05) is 11.5 Å². The Morgan fingerprint density at radius 1 is 1.28 bits per heavy atom. The Balaban J connectivity index is 2.34. The van der Waals surface area contributed by atoms with E-state index in [-0.39, 0.29) is 10.4 Å². The first-order chi connectivity index (χ1) is 8.49. The molecule has 0 amide bonds. The maximum Gasteiger partial charge on any atom is 0.118 e. The fourth-order valence-corrected chi connectivity index (χ4v) is 3.28. The highest BCUT2D eigenvalue weighted by molar-refractivity contribution is 9.09. The van der Waals surface area contributed by atoms with E-state index in [0.29, 0.717) is 0 Å². The van der Waals surface area contributed by atoms with E-state index in [1.807, 2.05) is 38.1 Å². The highest BCUT2D eigenvalue weighted by Gasteiger charge is 2.31. The first-order valence-corrected chi connectivity index (χ1v) is 7.17. The highest BCUT2D eigenvalue weighted by atomic mass is 79.9. The molecule has 1 nitrogen and oxygen atoms in total. The molecule has 18 heavy (non-hydrogen) atoms. The minimum atomic E-state index is -0.273. The van der Waals surface area contributed by atoms with Crippen molar-refractivity contribution in [3.8, 4) is 0 Å². The summed E-state index contributed by atoms with van der Waals surface area (Å²) in [7, 11) is 0. The number of ether oxygens (including phenoxy) is 1. The number of hydrogen-bond acceptors (Lipinski definition) is 1. The lowest BCUT2D eigenvalue weighted by molar-refractivity contribution is 0.155. The van der Waals surface area contributed by atoms with E-state index in [1.165, 1.54) is 5.56 Å². The Morgan fingerprint density at radius 2 is 1.94 bits per heavy atom. The van der Waals surface area contributed by atoms with Crippen molar-refractivity contribution in [3.63, 3.8) is 0 Å². The molecular formula is C15H16BrClO. The van der Waals surface area contributed by atoms with Gasteiger partial charge in [0.25, 0.3) is 0 Å². The quantitative estimate of drug-likeness (QED) is 0.701. The Kier molecular flexibility index (Phi) is 4.18. The molecule has 3 heteroatoms. The van der Waals surface area contributed by atoms with E-state index < -0.39 is 0 Å². The van der Waals surface area contributed by atoms with Crippen molar-refractivity contribution >= 4 is 27.5 Å². The summed E-state index contributed by atoms with van der Waals surface area (Å²) in [6.45, 7) is 4.02. The second-order valence-corrected chi connectivity index (χ2v) is 6.61. The first-order valence-electron chi connectivity index (χ1n) is 5.99. The largest absolute Gasteiger partial charge is 0.491 e. The highest BCUT2D eigenvalue weighted by Crippen LogP contribution is 2.44. The van der Waals surface area contributed by atoms with Gasteiger partial charge in [-0.25, -0.2) is 0 Å². The molecule has 0 heterocycles. The number of hydrogen-bond donors (Lipinski definition) is 0. The van der Waals surface area contributed by atoms with E-state index in [9.17, 15) is 0 Å². The molecule has 0 radical (unpaired) electrons. The smallest absolute Gasteiger partial charge is 0.118 e. The third-order valence-electron chi connectivity index (χ3n) is 2.72. The zero-order chi connectivity index (χ0) is 13.2. The molecule has 1 atom stereocenters. The second kappa shape index (κ2) is 5.50. The van der Waals surface area contributed by atoms with Crippen LogP contribution in [-0.4, -0.2) is 6.10 Å². The molecule has 0 fully saturated rings. The van der Waals surface area contributed by atoms with Crippen LogP contribution in [-0.2, 0) is 9.06 Å². The third-order valence-corrected chi connectivity index (χ3v) is 3.93. The molecule has 1 aliphatic carbocycles. The minimum absolute atomic E-state index is 0.141. The summed E-state index contributed by atoms with van der Waals surface area (Å²) in [5, 5.41) is 0.800. The van der Waals surface area contributed by atoms with Crippen molar-refractivity contribution in [2.75, 3.05) is 0 Å². The van der Waals surface area contributed by atoms with E-state index in [2.05, 4.69) is 34.1 Å². The lowest BCUT2D eigenvalue weighted by Crippen LogP contribution is -2.20. The molecule has 1 unspecified atom stereocenters. The van der Waals surface area contributed by atoms with Gasteiger partial charge in [-0.2, -0.15) is 0 Å². The molecule has 0 bridgehead atoms. The standard InChI is InChI=1S/C15H16BrClO/c1-11(2)18-14-8-13(17)9-15(16,10-14)12-6-4-3-5-7-12/h3-8,10-11H,9H2,1-2H3. The van der Waals surface area contributed by atoms with Crippen molar-refractivity contribution in [1.82, 2.24) is 0 Å². The summed E-state index contributed by atoms with van der Waals surface area (Å²) in [5.74, 6) is 0.821. The van der Waals surface area contributed by atoms with Crippen LogP contribution in [0.2, 0.25) is 0 Å². The van der Waals surface area contributed by atoms with Crippen LogP contribution >= 0.6 is 27.5 Å². The Bertz CT molecular complexity index is 479. The van der Waals surface area contributed by atoms with Gasteiger partial charge in [0.1, 0.15) is 5.76 Å². The van der Waals surface area contributed by atoms with Crippen molar-refractivity contribution < 1.29 is 4.74 Å². The fourth-order valence-electron chi connectivity index (χ4n) is 2.01. The molecule has 1 aromatic carbocycles. The van der Waals surface area contributed by atoms with Crippen LogP contribution in [0, 0.1) is 0 Å². The second-order valence-electron chi connectivity index (χ2n) is 4.71. The summed E-state index contributed by atoms with van der Waals surface area (Å²) in [6.07, 6.45) is 4.87. The monoisotopic (exact) mass is 326 g/mol. The SMILES string of the molecule is CC(C)OC1=CC(Br)(c2ccccc2)CC(Cl)=C1. The van der Waals surface area contributed by atoms with Crippen LogP contribution in [0.3, 0.4) is 0 Å². The average Bonchev–Trinajstić information content (AvgIpc) is 2.28. The lowest BCUT2D eigenvalue weighted by Gasteiger charge is -2.29. The molecule has 0 saturated heterocycles. The normalized spacial score (nSPS) is 23.6. The fraction of sp³-hybridized carbons (Fsp3) is 0.333. The zero-order valence-corrected chi connectivity index (χ0v) is 12.8. The van der Waals surface area contributed by atoms with E-state index in [1.54, 1.807) is 0 Å². The van der Waals surface area contributed by atoms with Gasteiger partial charge in [-0.3, -0.25) is 0 Å². The molecule has 0 spiro atoms. The van der Waals surface area contributed by atoms with Gasteiger partial charge in [-0.15, -0.1) is 0 Å². The van der Waals surface area contributed by atoms with E-state index in [4.69, 9.17) is 16.3 Å². The van der Waals surface area contributed by atoms with Crippen LogP contribution in [0.5, 0.6) is 0 Å². The van der Waals surface area contributed by atoms with Crippen molar-refractivity contribution in [3.05, 3.63) is 58.8 Å². The number of rotatable bonds is 3. The van der Waals surface area contributed by atoms with Crippen LogP contribution in [0.15, 0.2) is 53.3 Å². The number of alkyl halides is 1. The van der Waals surface area contributed by atoms with Gasteiger partial charge in [0.2, 0.25) is 0 Å². The molecule has 0 N–H and O–H groups in total. The van der Waals surface area contributed by atoms with Gasteiger partial charge in [-0.05, 0) is 31.6 Å². The van der Waals surface area contributed by atoms with E-state index >= 15 is 0 Å². The predicted molar refractivity (Wildman–Crippen MR) is 79.9 cm³/mol. The first kappa shape index (κ1) is 13.7. The van der Waals surface area contributed by atoms with Crippen LogP contribution in [0.1, 0.15) is 25.8 Å². The number of allylic oxidation sites excluding steroid dienone is 3. The lowest BCUT2D eigenvalue weighted by atomic mass is 9.91. The predicted octanol–water partition coefficient (Wildman–Crippen LogP) is 5.11. The Labute approximate surface area is 122 Å². The number of halogens is 2. The molecule has 2 rings (SSSR count). The van der Waals surface area contributed by atoms with Crippen molar-refractivity contribution in [2.24, 2.45) is 0 Å². The summed E-state index contributed by atoms with van der Waals surface area (Å²) in [6, 6.07) is 10.2. The third kappa shape index (κ3) is 3.18. The zero-order valence-electron chi connectivity index (χ0n) is 10.5. The van der Waals surface area contributed by atoms with Crippen LogP contribution < -0.4 is 0 Å². The molecule has 0 saturated carbocycles. The van der Waals surface area contributed by atoms with Gasteiger partial charge in [-0.1, -0.05) is 57.9 Å². The summed E-state index contributed by atoms with van der Waals surface area (Å²) < 4.78 is 5.48. The Morgan fingerprint density at radius 3 is 2.56 bits per heavy atom. The maximum absolute atomic E-state index is 6.24. The van der Waals surface area contributed by atoms with Gasteiger partial charge >= 0.3 is 0 Å². The van der Waals surface area contributed by atoms with Gasteiger partial charge in [0.05, 0.1) is 10.4 Å². The van der Waals surface area contributed by atoms with Crippen LogP contribution in [0.25, 0.3) is 0 Å². The van der Waals surface area contributed by atoms with Crippen molar-refractivity contribution in [1.29, 1.82) is 0 Å². The van der Waals surface area contributed by atoms with Gasteiger partial charge in [0.15, 0.2) is 0 Å². The number of benzene rings is 1. The maximum atomic E-state index is 6.24. The molecule has 0 aliphatic heterocycles. The summed E-state index contributed by atoms with van der Waals surface area (Å²) in [4.78, 5) is 0. The average molecular weight is 328 g/mol. The molecule has 1 aliphatic rings. The Hall–Kier alpha value is -0.730. The van der Waals surface area contributed by atoms with Crippen molar-refractivity contribution in [2.45, 2.75) is 30.7 Å². The van der Waals surface area contributed by atoms with Crippen LogP contribution in [0.4, 0.5) is 0 Å². The summed E-state index contributed by atoms with van der Waals surface area (Å²) in [5.41, 5.74) is 1.18.